The maximum atomic E-state index is 12.7. The summed E-state index contributed by atoms with van der Waals surface area (Å²) in [5.41, 5.74) is 0.0853. The summed E-state index contributed by atoms with van der Waals surface area (Å²) in [6, 6.07) is 11.1. The lowest BCUT2D eigenvalue weighted by atomic mass is 10.1. The van der Waals surface area contributed by atoms with Gasteiger partial charge in [-0.1, -0.05) is 23.7 Å². The number of carboxylic acid groups (broad SMARTS) is 2. The molecule has 1 aliphatic rings. The summed E-state index contributed by atoms with van der Waals surface area (Å²) in [5, 5.41) is 15.3. The maximum Gasteiger partial charge on any atom is 0.416 e. The number of alkyl halides is 3. The van der Waals surface area contributed by atoms with E-state index in [1.165, 1.54) is 40.7 Å². The molecule has 2 aromatic rings. The third-order valence-electron chi connectivity index (χ3n) is 4.65. The highest BCUT2D eigenvalue weighted by atomic mass is 35.5. The fourth-order valence-corrected chi connectivity index (χ4v) is 4.49. The maximum absolute atomic E-state index is 12.7. The predicted octanol–water partition coefficient (Wildman–Crippen LogP) is 3.02. The van der Waals surface area contributed by atoms with Crippen molar-refractivity contribution in [2.75, 3.05) is 26.2 Å². The van der Waals surface area contributed by atoms with Crippen molar-refractivity contribution in [3.8, 4) is 0 Å². The van der Waals surface area contributed by atoms with E-state index in [4.69, 9.17) is 31.4 Å². The molecule has 1 saturated heterocycles. The minimum Gasteiger partial charge on any atom is -0.473 e. The smallest absolute Gasteiger partial charge is 0.416 e. The van der Waals surface area contributed by atoms with Gasteiger partial charge in [-0.15, -0.1) is 0 Å². The third-order valence-corrected chi connectivity index (χ3v) is 6.82. The molecule has 0 bridgehead atoms. The fourth-order valence-electron chi connectivity index (χ4n) is 2.94. The van der Waals surface area contributed by atoms with E-state index in [9.17, 15) is 21.6 Å². The predicted molar refractivity (Wildman–Crippen MR) is 112 cm³/mol. The summed E-state index contributed by atoms with van der Waals surface area (Å²) < 4.78 is 64.6. The topological polar surface area (TPSA) is 115 Å². The second-order valence-corrected chi connectivity index (χ2v) is 9.31. The minimum atomic E-state index is -4.35. The van der Waals surface area contributed by atoms with Gasteiger partial charge < -0.3 is 10.2 Å². The third kappa shape index (κ3) is 7.70. The molecule has 0 amide bonds. The Bertz CT molecular complexity index is 1060. The molecular weight excluding hydrogens is 489 g/mol. The van der Waals surface area contributed by atoms with Gasteiger partial charge in [0.25, 0.3) is 0 Å². The van der Waals surface area contributed by atoms with Crippen LogP contribution in [0.2, 0.25) is 5.02 Å². The van der Waals surface area contributed by atoms with Crippen molar-refractivity contribution in [3.63, 3.8) is 0 Å². The summed E-state index contributed by atoms with van der Waals surface area (Å²) in [5.74, 6) is -3.65. The second kappa shape index (κ2) is 11.0. The Morgan fingerprint density at radius 1 is 0.879 bits per heavy atom. The SMILES string of the molecule is O=C(O)C(=O)O.O=S(=O)(c1ccc(Cl)cc1)N1CCN(Cc2ccc(C(F)(F)F)cc2)CC1. The number of piperazine rings is 1. The molecule has 8 nitrogen and oxygen atoms in total. The average Bonchev–Trinajstić information content (AvgIpc) is 2.74. The van der Waals surface area contributed by atoms with Crippen LogP contribution in [0.15, 0.2) is 53.4 Å². The molecule has 1 heterocycles. The number of aliphatic carboxylic acids is 2. The summed E-state index contributed by atoms with van der Waals surface area (Å²) in [4.78, 5) is 20.4. The van der Waals surface area contributed by atoms with E-state index in [1.807, 2.05) is 4.90 Å². The van der Waals surface area contributed by atoms with Crippen LogP contribution in [0.25, 0.3) is 0 Å². The number of rotatable bonds is 4. The molecule has 13 heteroatoms. The molecular formula is C20H20ClF3N2O6S. The van der Waals surface area contributed by atoms with Crippen LogP contribution in [0.3, 0.4) is 0 Å². The van der Waals surface area contributed by atoms with Crippen LogP contribution in [0, 0.1) is 0 Å². The van der Waals surface area contributed by atoms with Crippen molar-refractivity contribution in [2.24, 2.45) is 0 Å². The number of halogens is 4. The first-order valence-corrected chi connectivity index (χ1v) is 11.2. The van der Waals surface area contributed by atoms with Gasteiger partial charge in [0.05, 0.1) is 10.5 Å². The number of carbonyl (C=O) groups is 2. The van der Waals surface area contributed by atoms with E-state index in [2.05, 4.69) is 0 Å². The number of sulfonamides is 1. The number of benzene rings is 2. The highest BCUT2D eigenvalue weighted by molar-refractivity contribution is 7.89. The van der Waals surface area contributed by atoms with Gasteiger partial charge in [0.1, 0.15) is 0 Å². The van der Waals surface area contributed by atoms with Gasteiger partial charge in [-0.25, -0.2) is 18.0 Å². The molecule has 1 fully saturated rings. The highest BCUT2D eigenvalue weighted by Crippen LogP contribution is 2.29. The van der Waals surface area contributed by atoms with Crippen molar-refractivity contribution < 1.29 is 41.4 Å². The normalized spacial score (nSPS) is 15.4. The molecule has 1 aliphatic heterocycles. The Hall–Kier alpha value is -2.67. The minimum absolute atomic E-state index is 0.197. The van der Waals surface area contributed by atoms with E-state index < -0.39 is 33.7 Å². The summed E-state index contributed by atoms with van der Waals surface area (Å²) >= 11 is 5.80. The van der Waals surface area contributed by atoms with Gasteiger partial charge in [0.15, 0.2) is 0 Å². The molecule has 0 aliphatic carbocycles. The van der Waals surface area contributed by atoms with E-state index in [-0.39, 0.29) is 4.90 Å². The van der Waals surface area contributed by atoms with Gasteiger partial charge >= 0.3 is 18.1 Å². The van der Waals surface area contributed by atoms with Crippen LogP contribution in [-0.4, -0.2) is 66.0 Å². The lowest BCUT2D eigenvalue weighted by molar-refractivity contribution is -0.159. The summed E-state index contributed by atoms with van der Waals surface area (Å²) in [7, 11) is -3.57. The monoisotopic (exact) mass is 508 g/mol. The number of hydrogen-bond donors (Lipinski definition) is 2. The molecule has 2 N–H and O–H groups in total. The molecule has 180 valence electrons. The Morgan fingerprint density at radius 2 is 1.36 bits per heavy atom. The first-order chi connectivity index (χ1) is 15.3. The Balaban J connectivity index is 0.000000569. The average molecular weight is 509 g/mol. The lowest BCUT2D eigenvalue weighted by Gasteiger charge is -2.34. The van der Waals surface area contributed by atoms with Gasteiger partial charge in [0, 0.05) is 37.7 Å². The van der Waals surface area contributed by atoms with E-state index in [1.54, 1.807) is 0 Å². The number of carboxylic acids is 2. The summed E-state index contributed by atoms with van der Waals surface area (Å²) in [6.45, 7) is 2.14. The Kier molecular flexibility index (Phi) is 8.83. The molecule has 0 spiro atoms. The Labute approximate surface area is 192 Å². The number of hydrogen-bond acceptors (Lipinski definition) is 5. The van der Waals surface area contributed by atoms with E-state index >= 15 is 0 Å². The highest BCUT2D eigenvalue weighted by Gasteiger charge is 2.31. The quantitative estimate of drug-likeness (QED) is 0.610. The number of nitrogens with zero attached hydrogens (tertiary/aromatic N) is 2. The molecule has 0 radical (unpaired) electrons. The van der Waals surface area contributed by atoms with Crippen LogP contribution in [0.5, 0.6) is 0 Å². The van der Waals surface area contributed by atoms with Crippen LogP contribution in [0.4, 0.5) is 13.2 Å². The second-order valence-electron chi connectivity index (χ2n) is 6.94. The van der Waals surface area contributed by atoms with Gasteiger partial charge in [-0.3, -0.25) is 4.90 Å². The largest absolute Gasteiger partial charge is 0.473 e. The molecule has 33 heavy (non-hydrogen) atoms. The van der Waals surface area contributed by atoms with E-state index in [0.29, 0.717) is 37.7 Å². The Morgan fingerprint density at radius 3 is 1.79 bits per heavy atom. The van der Waals surface area contributed by atoms with Crippen molar-refractivity contribution in [1.29, 1.82) is 0 Å². The van der Waals surface area contributed by atoms with Gasteiger partial charge in [0.2, 0.25) is 10.0 Å². The van der Waals surface area contributed by atoms with Crippen LogP contribution >= 0.6 is 11.6 Å². The molecule has 0 aromatic heterocycles. The molecule has 2 aromatic carbocycles. The fraction of sp³-hybridized carbons (Fsp3) is 0.300. The zero-order chi connectivity index (χ0) is 24.8. The first kappa shape index (κ1) is 26.6. The molecule has 0 atom stereocenters. The summed E-state index contributed by atoms with van der Waals surface area (Å²) in [6.07, 6.45) is -4.35. The van der Waals surface area contributed by atoms with Crippen LogP contribution < -0.4 is 0 Å². The van der Waals surface area contributed by atoms with Gasteiger partial charge in [-0.2, -0.15) is 17.5 Å². The van der Waals surface area contributed by atoms with Crippen LogP contribution in [-0.2, 0) is 32.3 Å². The van der Waals surface area contributed by atoms with Crippen molar-refractivity contribution in [3.05, 3.63) is 64.7 Å². The lowest BCUT2D eigenvalue weighted by Crippen LogP contribution is -2.48. The van der Waals surface area contributed by atoms with Gasteiger partial charge in [-0.05, 0) is 42.0 Å². The van der Waals surface area contributed by atoms with Crippen molar-refractivity contribution in [1.82, 2.24) is 9.21 Å². The van der Waals surface area contributed by atoms with Crippen molar-refractivity contribution in [2.45, 2.75) is 17.6 Å². The standard InChI is InChI=1S/C18H18ClF3N2O2S.C2H2O4/c19-16-5-7-17(8-6-16)27(25,26)24-11-9-23(10-12-24)13-14-1-3-15(4-2-14)18(20,21)22;3-1(4)2(5)6/h1-8H,9-13H2;(H,3,4)(H,5,6). The van der Waals surface area contributed by atoms with E-state index in [0.717, 1.165) is 17.7 Å². The van der Waals surface area contributed by atoms with Crippen LogP contribution in [0.1, 0.15) is 11.1 Å². The zero-order valence-corrected chi connectivity index (χ0v) is 18.6. The first-order valence-electron chi connectivity index (χ1n) is 9.41. The zero-order valence-electron chi connectivity index (χ0n) is 17.0. The molecule has 0 saturated carbocycles. The van der Waals surface area contributed by atoms with Crippen molar-refractivity contribution >= 4 is 33.6 Å². The molecule has 3 rings (SSSR count). The molecule has 0 unspecified atom stereocenters.